The number of hydrogen-bond donors (Lipinski definition) is 2. The van der Waals surface area contributed by atoms with Crippen molar-refractivity contribution in [3.63, 3.8) is 0 Å². The lowest BCUT2D eigenvalue weighted by atomic mass is 10.3. The Bertz CT molecular complexity index is 596. The molecule has 0 fully saturated rings. The minimum Gasteiger partial charge on any atom is -0.383 e. The van der Waals surface area contributed by atoms with E-state index in [0.717, 1.165) is 16.7 Å². The molecule has 2 heterocycles. The first-order valence-electron chi connectivity index (χ1n) is 5.78. The second kappa shape index (κ2) is 5.83. The number of aromatic nitrogens is 3. The van der Waals surface area contributed by atoms with Crippen LogP contribution in [0.2, 0.25) is 0 Å². The molecule has 0 unspecified atom stereocenters. The predicted octanol–water partition coefficient (Wildman–Crippen LogP) is 2.26. The van der Waals surface area contributed by atoms with Gasteiger partial charge < -0.3 is 15.2 Å². The summed E-state index contributed by atoms with van der Waals surface area (Å²) in [4.78, 5) is 20.1. The van der Waals surface area contributed by atoms with Gasteiger partial charge in [-0.1, -0.05) is 0 Å². The van der Waals surface area contributed by atoms with Gasteiger partial charge in [0.25, 0.3) is 5.91 Å². The summed E-state index contributed by atoms with van der Waals surface area (Å²) >= 11 is 3.41. The quantitative estimate of drug-likeness (QED) is 0.905. The lowest BCUT2D eigenvalue weighted by Gasteiger charge is -2.13. The molecular weight excluding hydrogens is 310 g/mol. The average molecular weight is 324 g/mol. The summed E-state index contributed by atoms with van der Waals surface area (Å²) in [5.41, 5.74) is 1.93. The Morgan fingerprint density at radius 1 is 1.37 bits per heavy atom. The molecule has 1 amide bonds. The molecule has 100 valence electrons. The zero-order chi connectivity index (χ0) is 13.8. The number of carbonyl (C=O) groups excluding carboxylic acids is 1. The van der Waals surface area contributed by atoms with E-state index >= 15 is 0 Å². The summed E-state index contributed by atoms with van der Waals surface area (Å²) in [7, 11) is 1.77. The van der Waals surface area contributed by atoms with Crippen LogP contribution in [0, 0.1) is 0 Å². The second-order valence-electron chi connectivity index (χ2n) is 3.92. The number of halogens is 1. The van der Waals surface area contributed by atoms with Gasteiger partial charge in [0, 0.05) is 19.8 Å². The van der Waals surface area contributed by atoms with Crippen LogP contribution < -0.4 is 10.6 Å². The lowest BCUT2D eigenvalue weighted by molar-refractivity contribution is 0.101. The number of imidazole rings is 1. The maximum atomic E-state index is 12.1. The SMILES string of the molecule is CCNc1c(Br)cncc1NC(=O)c1cncn1C. The minimum absolute atomic E-state index is 0.223. The van der Waals surface area contributed by atoms with Crippen LogP contribution in [0.1, 0.15) is 17.4 Å². The van der Waals surface area contributed by atoms with Gasteiger partial charge in [-0.2, -0.15) is 0 Å². The van der Waals surface area contributed by atoms with Crippen molar-refractivity contribution in [2.45, 2.75) is 6.92 Å². The molecule has 6 nitrogen and oxygen atoms in total. The van der Waals surface area contributed by atoms with Crippen molar-refractivity contribution >= 4 is 33.2 Å². The van der Waals surface area contributed by atoms with Crippen LogP contribution in [0.5, 0.6) is 0 Å². The van der Waals surface area contributed by atoms with E-state index in [2.05, 4.69) is 36.5 Å². The fourth-order valence-corrected chi connectivity index (χ4v) is 2.12. The molecule has 0 aliphatic rings. The van der Waals surface area contributed by atoms with Gasteiger partial charge in [-0.05, 0) is 22.9 Å². The van der Waals surface area contributed by atoms with Crippen LogP contribution in [0.4, 0.5) is 11.4 Å². The summed E-state index contributed by atoms with van der Waals surface area (Å²) in [6.07, 6.45) is 6.39. The third kappa shape index (κ3) is 2.93. The van der Waals surface area contributed by atoms with Gasteiger partial charge in [0.05, 0.1) is 34.6 Å². The molecular formula is C12H14BrN5O. The van der Waals surface area contributed by atoms with Gasteiger partial charge in [0.15, 0.2) is 0 Å². The van der Waals surface area contributed by atoms with Crippen LogP contribution in [-0.2, 0) is 7.05 Å². The molecule has 2 rings (SSSR count). The zero-order valence-corrected chi connectivity index (χ0v) is 12.2. The Labute approximate surface area is 119 Å². The standard InChI is InChI=1S/C12H14BrN5O/c1-3-16-11-8(13)4-14-5-9(11)17-12(19)10-6-15-7-18(10)2/h4-7H,3H2,1-2H3,(H,14,16)(H,17,19). The van der Waals surface area contributed by atoms with Crippen LogP contribution in [0.25, 0.3) is 0 Å². The summed E-state index contributed by atoms with van der Waals surface area (Å²) in [5, 5.41) is 6.01. The van der Waals surface area contributed by atoms with Gasteiger partial charge in [0.1, 0.15) is 5.69 Å². The van der Waals surface area contributed by atoms with Crippen molar-refractivity contribution in [2.75, 3.05) is 17.2 Å². The Hall–Kier alpha value is -1.89. The highest BCUT2D eigenvalue weighted by atomic mass is 79.9. The van der Waals surface area contributed by atoms with E-state index in [1.165, 1.54) is 6.20 Å². The second-order valence-corrected chi connectivity index (χ2v) is 4.77. The third-order valence-electron chi connectivity index (χ3n) is 2.55. The van der Waals surface area contributed by atoms with Gasteiger partial charge in [-0.3, -0.25) is 9.78 Å². The fourth-order valence-electron chi connectivity index (χ4n) is 1.65. The number of nitrogens with one attached hydrogen (secondary N) is 2. The summed E-state index contributed by atoms with van der Waals surface area (Å²) in [5.74, 6) is -0.223. The minimum atomic E-state index is -0.223. The molecule has 0 saturated heterocycles. The number of aryl methyl sites for hydroxylation is 1. The van der Waals surface area contributed by atoms with Gasteiger partial charge in [0.2, 0.25) is 0 Å². The number of pyridine rings is 1. The van der Waals surface area contributed by atoms with Crippen molar-refractivity contribution < 1.29 is 4.79 Å². The van der Waals surface area contributed by atoms with E-state index < -0.39 is 0 Å². The monoisotopic (exact) mass is 323 g/mol. The summed E-state index contributed by atoms with van der Waals surface area (Å²) in [6.45, 7) is 2.73. The molecule has 7 heteroatoms. The molecule has 2 N–H and O–H groups in total. The summed E-state index contributed by atoms with van der Waals surface area (Å²) in [6, 6.07) is 0. The van der Waals surface area contributed by atoms with E-state index in [0.29, 0.717) is 11.4 Å². The van der Waals surface area contributed by atoms with Crippen LogP contribution >= 0.6 is 15.9 Å². The predicted molar refractivity (Wildman–Crippen MR) is 77.3 cm³/mol. The third-order valence-corrected chi connectivity index (χ3v) is 3.15. The largest absolute Gasteiger partial charge is 0.383 e. The Balaban J connectivity index is 2.26. The highest BCUT2D eigenvalue weighted by molar-refractivity contribution is 9.10. The molecule has 0 radical (unpaired) electrons. The molecule has 0 saturated carbocycles. The number of hydrogen-bond acceptors (Lipinski definition) is 4. The van der Waals surface area contributed by atoms with Crippen molar-refractivity contribution in [2.24, 2.45) is 7.05 Å². The summed E-state index contributed by atoms with van der Waals surface area (Å²) < 4.78 is 2.46. The molecule has 2 aromatic rings. The topological polar surface area (TPSA) is 71.8 Å². The normalized spacial score (nSPS) is 10.3. The van der Waals surface area contributed by atoms with E-state index in [4.69, 9.17) is 0 Å². The van der Waals surface area contributed by atoms with Crippen molar-refractivity contribution in [1.29, 1.82) is 0 Å². The van der Waals surface area contributed by atoms with Crippen LogP contribution in [-0.4, -0.2) is 27.0 Å². The van der Waals surface area contributed by atoms with E-state index in [1.807, 2.05) is 6.92 Å². The molecule has 0 spiro atoms. The van der Waals surface area contributed by atoms with Gasteiger partial charge >= 0.3 is 0 Å². The first-order valence-corrected chi connectivity index (χ1v) is 6.57. The highest BCUT2D eigenvalue weighted by Gasteiger charge is 2.13. The highest BCUT2D eigenvalue weighted by Crippen LogP contribution is 2.29. The molecule has 0 aliphatic heterocycles. The molecule has 19 heavy (non-hydrogen) atoms. The van der Waals surface area contributed by atoms with Crippen LogP contribution in [0.15, 0.2) is 29.4 Å². The first kappa shape index (κ1) is 13.5. The first-order chi connectivity index (χ1) is 9.13. The average Bonchev–Trinajstić information content (AvgIpc) is 2.80. The van der Waals surface area contributed by atoms with E-state index in [1.54, 1.807) is 30.3 Å². The number of carbonyl (C=O) groups is 1. The van der Waals surface area contributed by atoms with Crippen molar-refractivity contribution in [1.82, 2.24) is 14.5 Å². The van der Waals surface area contributed by atoms with Gasteiger partial charge in [-0.25, -0.2) is 4.98 Å². The van der Waals surface area contributed by atoms with Gasteiger partial charge in [-0.15, -0.1) is 0 Å². The molecule has 2 aromatic heterocycles. The maximum absolute atomic E-state index is 12.1. The fraction of sp³-hybridized carbons (Fsp3) is 0.250. The van der Waals surface area contributed by atoms with Crippen LogP contribution in [0.3, 0.4) is 0 Å². The maximum Gasteiger partial charge on any atom is 0.274 e. The van der Waals surface area contributed by atoms with Crippen molar-refractivity contribution in [3.8, 4) is 0 Å². The number of nitrogens with zero attached hydrogens (tertiary/aromatic N) is 3. The Morgan fingerprint density at radius 2 is 2.16 bits per heavy atom. The van der Waals surface area contributed by atoms with E-state index in [9.17, 15) is 4.79 Å². The number of amides is 1. The number of anilines is 2. The molecule has 0 aliphatic carbocycles. The van der Waals surface area contributed by atoms with E-state index in [-0.39, 0.29) is 5.91 Å². The zero-order valence-electron chi connectivity index (χ0n) is 10.6. The Morgan fingerprint density at radius 3 is 2.79 bits per heavy atom. The number of rotatable bonds is 4. The van der Waals surface area contributed by atoms with Crippen molar-refractivity contribution in [3.05, 3.63) is 35.1 Å². The lowest BCUT2D eigenvalue weighted by Crippen LogP contribution is -2.17. The smallest absolute Gasteiger partial charge is 0.274 e. The molecule has 0 atom stereocenters. The molecule has 0 aromatic carbocycles. The molecule has 0 bridgehead atoms. The Kier molecular flexibility index (Phi) is 4.16.